The number of aliphatic hydroxyl groups excluding tert-OH is 1. The zero-order chi connectivity index (χ0) is 14.8. The van der Waals surface area contributed by atoms with Gasteiger partial charge < -0.3 is 5.11 Å². The van der Waals surface area contributed by atoms with Crippen molar-refractivity contribution in [3.05, 3.63) is 34.9 Å². The van der Waals surface area contributed by atoms with Gasteiger partial charge in [-0.05, 0) is 73.3 Å². The summed E-state index contributed by atoms with van der Waals surface area (Å²) in [6.07, 6.45) is 6.10. The van der Waals surface area contributed by atoms with Crippen LogP contribution in [-0.4, -0.2) is 11.2 Å². The number of rotatable bonds is 0. The lowest BCUT2D eigenvalue weighted by Gasteiger charge is -2.52. The quantitative estimate of drug-likeness (QED) is 0.746. The predicted octanol–water partition coefficient (Wildman–Crippen LogP) is 4.46. The Hall–Kier alpha value is -0.820. The van der Waals surface area contributed by atoms with Crippen molar-refractivity contribution in [3.63, 3.8) is 0 Å². The van der Waals surface area contributed by atoms with Gasteiger partial charge in [0.25, 0.3) is 0 Å². The second kappa shape index (κ2) is 4.59. The van der Waals surface area contributed by atoms with E-state index in [2.05, 4.69) is 39.0 Å². The Morgan fingerprint density at radius 3 is 2.81 bits per heavy atom. The fourth-order valence-corrected chi connectivity index (χ4v) is 6.04. The summed E-state index contributed by atoms with van der Waals surface area (Å²) in [7, 11) is 0. The molecule has 0 spiro atoms. The Balaban J connectivity index is 1.76. The highest BCUT2D eigenvalue weighted by atomic mass is 16.3. The zero-order valence-electron chi connectivity index (χ0n) is 13.6. The minimum atomic E-state index is -0.140. The molecule has 6 atom stereocenters. The molecule has 3 aliphatic carbocycles. The van der Waals surface area contributed by atoms with E-state index in [4.69, 9.17) is 0 Å². The normalized spacial score (nSPS) is 44.9. The zero-order valence-corrected chi connectivity index (χ0v) is 13.6. The van der Waals surface area contributed by atoms with Crippen molar-refractivity contribution in [3.8, 4) is 0 Å². The molecule has 1 heteroatoms. The summed E-state index contributed by atoms with van der Waals surface area (Å²) in [6, 6.07) is 6.90. The second-order valence-corrected chi connectivity index (χ2v) is 8.29. The van der Waals surface area contributed by atoms with Gasteiger partial charge in [-0.2, -0.15) is 0 Å². The standard InChI is InChI=1S/C20H28O/c1-12-4-7-15-14(10-12)6-8-16-17-9-5-13(2)20(17,3)11-18(21)19(15)16/h4,7,10,13,16-19,21H,5-6,8-9,11H2,1-3H3. The lowest BCUT2D eigenvalue weighted by molar-refractivity contribution is -0.0522. The van der Waals surface area contributed by atoms with E-state index in [9.17, 15) is 5.11 Å². The first-order valence-electron chi connectivity index (χ1n) is 8.78. The molecule has 21 heavy (non-hydrogen) atoms. The van der Waals surface area contributed by atoms with Gasteiger partial charge in [0.1, 0.15) is 0 Å². The van der Waals surface area contributed by atoms with Crippen LogP contribution in [0.4, 0.5) is 0 Å². The predicted molar refractivity (Wildman–Crippen MR) is 86.3 cm³/mol. The van der Waals surface area contributed by atoms with Crippen LogP contribution >= 0.6 is 0 Å². The molecular weight excluding hydrogens is 256 g/mol. The number of aryl methyl sites for hydroxylation is 2. The van der Waals surface area contributed by atoms with E-state index in [1.807, 2.05) is 0 Å². The highest BCUT2D eigenvalue weighted by Gasteiger charge is 2.56. The van der Waals surface area contributed by atoms with Crippen LogP contribution in [0.3, 0.4) is 0 Å². The third-order valence-electron chi connectivity index (χ3n) is 7.33. The Morgan fingerprint density at radius 2 is 2.00 bits per heavy atom. The monoisotopic (exact) mass is 284 g/mol. The first-order chi connectivity index (χ1) is 10.0. The number of hydrogen-bond acceptors (Lipinski definition) is 1. The first kappa shape index (κ1) is 13.8. The average Bonchev–Trinajstić information content (AvgIpc) is 2.74. The van der Waals surface area contributed by atoms with Gasteiger partial charge in [0.15, 0.2) is 0 Å². The van der Waals surface area contributed by atoms with Gasteiger partial charge in [-0.3, -0.25) is 0 Å². The van der Waals surface area contributed by atoms with E-state index < -0.39 is 0 Å². The Bertz CT molecular complexity index is 563. The molecule has 1 N–H and O–H groups in total. The molecule has 1 aromatic rings. The van der Waals surface area contributed by atoms with Crippen molar-refractivity contribution in [1.82, 2.24) is 0 Å². The molecule has 1 nitrogen and oxygen atoms in total. The largest absolute Gasteiger partial charge is 0.392 e. The number of fused-ring (bicyclic) bond motifs is 5. The van der Waals surface area contributed by atoms with E-state index in [1.54, 1.807) is 0 Å². The van der Waals surface area contributed by atoms with Crippen molar-refractivity contribution in [2.75, 3.05) is 0 Å². The van der Waals surface area contributed by atoms with Crippen LogP contribution in [0.15, 0.2) is 18.2 Å². The average molecular weight is 284 g/mol. The summed E-state index contributed by atoms with van der Waals surface area (Å²) in [5.41, 5.74) is 4.70. The summed E-state index contributed by atoms with van der Waals surface area (Å²) in [4.78, 5) is 0. The fraction of sp³-hybridized carbons (Fsp3) is 0.700. The maximum absolute atomic E-state index is 11.0. The summed E-state index contributed by atoms with van der Waals surface area (Å²) in [5.74, 6) is 2.71. The molecule has 3 aliphatic rings. The maximum Gasteiger partial charge on any atom is 0.0617 e. The second-order valence-electron chi connectivity index (χ2n) is 8.29. The van der Waals surface area contributed by atoms with Crippen LogP contribution < -0.4 is 0 Å². The molecule has 4 rings (SSSR count). The number of aliphatic hydroxyl groups is 1. The summed E-state index contributed by atoms with van der Waals surface area (Å²) in [5, 5.41) is 11.0. The van der Waals surface area contributed by atoms with Gasteiger partial charge in [0, 0.05) is 5.92 Å². The van der Waals surface area contributed by atoms with Gasteiger partial charge >= 0.3 is 0 Å². The lowest BCUT2D eigenvalue weighted by Crippen LogP contribution is -2.48. The van der Waals surface area contributed by atoms with E-state index >= 15 is 0 Å². The molecule has 114 valence electrons. The molecule has 0 amide bonds. The highest BCUT2D eigenvalue weighted by molar-refractivity contribution is 5.38. The van der Waals surface area contributed by atoms with Crippen LogP contribution in [0.1, 0.15) is 62.1 Å². The van der Waals surface area contributed by atoms with E-state index in [1.165, 1.54) is 42.4 Å². The molecule has 0 saturated heterocycles. The third kappa shape index (κ3) is 1.86. The van der Waals surface area contributed by atoms with E-state index in [-0.39, 0.29) is 6.10 Å². The van der Waals surface area contributed by atoms with Crippen LogP contribution in [-0.2, 0) is 6.42 Å². The molecule has 6 unspecified atom stereocenters. The summed E-state index contributed by atoms with van der Waals surface area (Å²) in [6.45, 7) is 7.05. The molecule has 0 bridgehead atoms. The summed E-state index contributed by atoms with van der Waals surface area (Å²) >= 11 is 0. The van der Waals surface area contributed by atoms with Crippen LogP contribution in [0.5, 0.6) is 0 Å². The van der Waals surface area contributed by atoms with E-state index in [0.717, 1.165) is 18.3 Å². The van der Waals surface area contributed by atoms with Gasteiger partial charge in [-0.25, -0.2) is 0 Å². The van der Waals surface area contributed by atoms with Crippen molar-refractivity contribution >= 4 is 0 Å². The molecule has 2 saturated carbocycles. The van der Waals surface area contributed by atoms with Gasteiger partial charge in [0.2, 0.25) is 0 Å². The number of benzene rings is 1. The summed E-state index contributed by atoms with van der Waals surface area (Å²) < 4.78 is 0. The SMILES string of the molecule is Cc1ccc2c(c1)CCC1C2C(O)CC2(C)C(C)CCC12. The maximum atomic E-state index is 11.0. The van der Waals surface area contributed by atoms with Crippen molar-refractivity contribution in [2.45, 2.75) is 64.9 Å². The molecule has 1 aromatic carbocycles. The Kier molecular flexibility index (Phi) is 3.02. The molecule has 0 aliphatic heterocycles. The Labute approximate surface area is 128 Å². The first-order valence-corrected chi connectivity index (χ1v) is 8.78. The third-order valence-corrected chi connectivity index (χ3v) is 7.33. The molecular formula is C20H28O. The van der Waals surface area contributed by atoms with Crippen LogP contribution in [0, 0.1) is 30.1 Å². The fourth-order valence-electron chi connectivity index (χ4n) is 6.04. The van der Waals surface area contributed by atoms with Gasteiger partial charge in [-0.1, -0.05) is 37.6 Å². The highest BCUT2D eigenvalue weighted by Crippen LogP contribution is 2.62. The number of hydrogen-bond donors (Lipinski definition) is 1. The van der Waals surface area contributed by atoms with Crippen molar-refractivity contribution in [2.24, 2.45) is 23.2 Å². The Morgan fingerprint density at radius 1 is 1.19 bits per heavy atom. The molecule has 2 fully saturated rings. The van der Waals surface area contributed by atoms with Crippen molar-refractivity contribution in [1.29, 1.82) is 0 Å². The molecule has 0 aromatic heterocycles. The minimum absolute atomic E-state index is 0.140. The topological polar surface area (TPSA) is 20.2 Å². The minimum Gasteiger partial charge on any atom is -0.392 e. The van der Waals surface area contributed by atoms with E-state index in [0.29, 0.717) is 17.3 Å². The van der Waals surface area contributed by atoms with Crippen LogP contribution in [0.2, 0.25) is 0 Å². The van der Waals surface area contributed by atoms with Crippen molar-refractivity contribution < 1.29 is 5.11 Å². The smallest absolute Gasteiger partial charge is 0.0617 e. The van der Waals surface area contributed by atoms with Crippen LogP contribution in [0.25, 0.3) is 0 Å². The van der Waals surface area contributed by atoms with Gasteiger partial charge in [0.05, 0.1) is 6.10 Å². The van der Waals surface area contributed by atoms with Gasteiger partial charge in [-0.15, -0.1) is 0 Å². The lowest BCUT2D eigenvalue weighted by atomic mass is 9.53. The molecule has 0 radical (unpaired) electrons. The molecule has 0 heterocycles.